The van der Waals surface area contributed by atoms with Crippen molar-refractivity contribution in [1.29, 1.82) is 0 Å². The van der Waals surface area contributed by atoms with Crippen LogP contribution >= 0.6 is 0 Å². The number of rotatable bonds is 4. The van der Waals surface area contributed by atoms with Gasteiger partial charge in [-0.2, -0.15) is 0 Å². The van der Waals surface area contributed by atoms with Crippen molar-refractivity contribution >= 4 is 22.9 Å². The van der Waals surface area contributed by atoms with Crippen LogP contribution in [0.3, 0.4) is 0 Å². The number of halogens is 1. The lowest BCUT2D eigenvalue weighted by Gasteiger charge is -2.20. The highest BCUT2D eigenvalue weighted by atomic mass is 19.1. The number of para-hydroxylation sites is 2. The Balaban J connectivity index is 1.57. The van der Waals surface area contributed by atoms with Crippen molar-refractivity contribution in [2.24, 2.45) is 0 Å². The number of amides is 1. The van der Waals surface area contributed by atoms with Crippen LogP contribution in [0.5, 0.6) is 0 Å². The van der Waals surface area contributed by atoms with Crippen molar-refractivity contribution in [1.82, 2.24) is 14.5 Å². The number of imidazole rings is 1. The molecule has 132 valence electrons. The SMILES string of the molecule is COC(=O)C1(F)CCN(C(=O)Cn2c(C3CC3)nc3ccccc32)C1. The number of hydrogen-bond donors (Lipinski definition) is 0. The number of ether oxygens (including phenoxy) is 1. The van der Waals surface area contributed by atoms with Gasteiger partial charge in [-0.3, -0.25) is 4.79 Å². The van der Waals surface area contributed by atoms with Gasteiger partial charge in [0.2, 0.25) is 11.6 Å². The Bertz CT molecular complexity index is 845. The first kappa shape index (κ1) is 16.1. The number of methoxy groups -OCH3 is 1. The molecule has 0 spiro atoms. The Hall–Kier alpha value is -2.44. The number of likely N-dealkylation sites (tertiary alicyclic amines) is 1. The maximum absolute atomic E-state index is 14.6. The van der Waals surface area contributed by atoms with Gasteiger partial charge in [-0.05, 0) is 25.0 Å². The third-order valence-corrected chi connectivity index (χ3v) is 5.04. The van der Waals surface area contributed by atoms with Crippen LogP contribution < -0.4 is 0 Å². The third kappa shape index (κ3) is 2.77. The molecular formula is C18H20FN3O3. The molecule has 0 N–H and O–H groups in total. The molecule has 4 rings (SSSR count). The second-order valence-corrected chi connectivity index (χ2v) is 6.84. The summed E-state index contributed by atoms with van der Waals surface area (Å²) in [5, 5.41) is 0. The topological polar surface area (TPSA) is 64.4 Å². The largest absolute Gasteiger partial charge is 0.467 e. The van der Waals surface area contributed by atoms with Crippen LogP contribution in [0, 0.1) is 0 Å². The second kappa shape index (κ2) is 5.82. The zero-order chi connectivity index (χ0) is 17.6. The summed E-state index contributed by atoms with van der Waals surface area (Å²) < 4.78 is 21.0. The van der Waals surface area contributed by atoms with Crippen molar-refractivity contribution in [3.05, 3.63) is 30.1 Å². The summed E-state index contributed by atoms with van der Waals surface area (Å²) in [6.45, 7) is 0.0866. The predicted molar refractivity (Wildman–Crippen MR) is 88.8 cm³/mol. The Morgan fingerprint density at radius 3 is 2.84 bits per heavy atom. The molecule has 2 aromatic rings. The van der Waals surface area contributed by atoms with Crippen molar-refractivity contribution in [2.75, 3.05) is 20.2 Å². The van der Waals surface area contributed by atoms with E-state index >= 15 is 0 Å². The molecule has 2 aliphatic rings. The van der Waals surface area contributed by atoms with Gasteiger partial charge >= 0.3 is 5.97 Å². The van der Waals surface area contributed by atoms with Gasteiger partial charge in [-0.25, -0.2) is 14.2 Å². The first-order valence-corrected chi connectivity index (χ1v) is 8.52. The number of esters is 1. The van der Waals surface area contributed by atoms with E-state index in [0.717, 1.165) is 36.8 Å². The Morgan fingerprint density at radius 1 is 1.36 bits per heavy atom. The van der Waals surface area contributed by atoms with Gasteiger partial charge in [-0.15, -0.1) is 0 Å². The second-order valence-electron chi connectivity index (χ2n) is 6.84. The summed E-state index contributed by atoms with van der Waals surface area (Å²) in [6.07, 6.45) is 2.14. The van der Waals surface area contributed by atoms with E-state index in [9.17, 15) is 14.0 Å². The van der Waals surface area contributed by atoms with Gasteiger partial charge in [0.25, 0.3) is 0 Å². The molecule has 7 heteroatoms. The molecule has 1 unspecified atom stereocenters. The molecule has 1 atom stereocenters. The molecule has 1 saturated heterocycles. The molecule has 6 nitrogen and oxygen atoms in total. The fourth-order valence-corrected chi connectivity index (χ4v) is 3.48. The Morgan fingerprint density at radius 2 is 2.12 bits per heavy atom. The Labute approximate surface area is 144 Å². The van der Waals surface area contributed by atoms with Crippen LogP contribution in [-0.2, 0) is 20.9 Å². The standard InChI is InChI=1S/C18H20FN3O3/c1-25-17(24)18(19)8-9-21(11-18)15(23)10-22-14-5-3-2-4-13(14)20-16(22)12-6-7-12/h2-5,12H,6-11H2,1H3. The number of aromatic nitrogens is 2. The lowest BCUT2D eigenvalue weighted by atomic mass is 10.1. The lowest BCUT2D eigenvalue weighted by Crippen LogP contribution is -2.40. The van der Waals surface area contributed by atoms with Crippen molar-refractivity contribution in [2.45, 2.75) is 37.4 Å². The van der Waals surface area contributed by atoms with E-state index in [-0.39, 0.29) is 32.0 Å². The van der Waals surface area contributed by atoms with Gasteiger partial charge in [-0.1, -0.05) is 12.1 Å². The van der Waals surface area contributed by atoms with E-state index < -0.39 is 11.6 Å². The Kier molecular flexibility index (Phi) is 3.74. The number of fused-ring (bicyclic) bond motifs is 1. The van der Waals surface area contributed by atoms with E-state index in [1.807, 2.05) is 28.8 Å². The summed E-state index contributed by atoms with van der Waals surface area (Å²) in [6, 6.07) is 7.72. The maximum atomic E-state index is 14.6. The molecule has 0 radical (unpaired) electrons. The summed E-state index contributed by atoms with van der Waals surface area (Å²) >= 11 is 0. The minimum atomic E-state index is -2.10. The molecule has 1 aliphatic carbocycles. The lowest BCUT2D eigenvalue weighted by molar-refractivity contribution is -0.154. The fourth-order valence-electron chi connectivity index (χ4n) is 3.48. The summed E-state index contributed by atoms with van der Waals surface area (Å²) in [5.74, 6) is 0.213. The molecule has 2 heterocycles. The number of nitrogens with zero attached hydrogens (tertiary/aromatic N) is 3. The fraction of sp³-hybridized carbons (Fsp3) is 0.500. The summed E-state index contributed by atoms with van der Waals surface area (Å²) in [4.78, 5) is 30.4. The van der Waals surface area contributed by atoms with Crippen molar-refractivity contribution in [3.8, 4) is 0 Å². The van der Waals surface area contributed by atoms with E-state index in [1.165, 1.54) is 4.90 Å². The molecule has 25 heavy (non-hydrogen) atoms. The molecule has 1 aliphatic heterocycles. The molecule has 1 amide bonds. The van der Waals surface area contributed by atoms with Crippen LogP contribution in [0.2, 0.25) is 0 Å². The molecule has 0 bridgehead atoms. The molecule has 1 aromatic carbocycles. The predicted octanol–water partition coefficient (Wildman–Crippen LogP) is 2.03. The molecule has 1 aromatic heterocycles. The quantitative estimate of drug-likeness (QED) is 0.796. The minimum Gasteiger partial charge on any atom is -0.467 e. The number of benzene rings is 1. The first-order valence-electron chi connectivity index (χ1n) is 8.52. The first-order chi connectivity index (χ1) is 12.0. The number of hydrogen-bond acceptors (Lipinski definition) is 4. The van der Waals surface area contributed by atoms with E-state index in [1.54, 1.807) is 0 Å². The smallest absolute Gasteiger partial charge is 0.345 e. The van der Waals surface area contributed by atoms with E-state index in [0.29, 0.717) is 5.92 Å². The van der Waals surface area contributed by atoms with Gasteiger partial charge < -0.3 is 14.2 Å². The molecule has 2 fully saturated rings. The van der Waals surface area contributed by atoms with Crippen molar-refractivity contribution < 1.29 is 18.7 Å². The average molecular weight is 345 g/mol. The number of carbonyl (C=O) groups is 2. The number of alkyl halides is 1. The highest BCUT2D eigenvalue weighted by Gasteiger charge is 2.47. The maximum Gasteiger partial charge on any atom is 0.345 e. The molecule has 1 saturated carbocycles. The van der Waals surface area contributed by atoms with Crippen LogP contribution in [0.4, 0.5) is 4.39 Å². The van der Waals surface area contributed by atoms with Crippen LogP contribution in [0.25, 0.3) is 11.0 Å². The van der Waals surface area contributed by atoms with Gasteiger partial charge in [0, 0.05) is 18.9 Å². The van der Waals surface area contributed by atoms with Gasteiger partial charge in [0.15, 0.2) is 0 Å². The van der Waals surface area contributed by atoms with Crippen LogP contribution in [0.15, 0.2) is 24.3 Å². The van der Waals surface area contributed by atoms with E-state index in [2.05, 4.69) is 9.72 Å². The zero-order valence-electron chi connectivity index (χ0n) is 14.1. The highest BCUT2D eigenvalue weighted by Crippen LogP contribution is 2.40. The zero-order valence-corrected chi connectivity index (χ0v) is 14.1. The van der Waals surface area contributed by atoms with E-state index in [4.69, 9.17) is 0 Å². The van der Waals surface area contributed by atoms with Crippen LogP contribution in [0.1, 0.15) is 31.0 Å². The average Bonchev–Trinajstić information content (AvgIpc) is 3.29. The number of carbonyl (C=O) groups excluding carboxylic acids is 2. The van der Waals surface area contributed by atoms with Crippen LogP contribution in [-0.4, -0.2) is 52.2 Å². The summed E-state index contributed by atoms with van der Waals surface area (Å²) in [5.41, 5.74) is -0.315. The third-order valence-electron chi connectivity index (χ3n) is 5.04. The highest BCUT2D eigenvalue weighted by molar-refractivity contribution is 5.84. The van der Waals surface area contributed by atoms with Crippen molar-refractivity contribution in [3.63, 3.8) is 0 Å². The normalized spacial score (nSPS) is 23.2. The molecular weight excluding hydrogens is 325 g/mol. The minimum absolute atomic E-state index is 0.0223. The summed E-state index contributed by atoms with van der Waals surface area (Å²) in [7, 11) is 1.16. The monoisotopic (exact) mass is 345 g/mol. The van der Waals surface area contributed by atoms with Gasteiger partial charge in [0.05, 0.1) is 24.7 Å². The van der Waals surface area contributed by atoms with Gasteiger partial charge in [0.1, 0.15) is 12.4 Å².